The third-order valence-corrected chi connectivity index (χ3v) is 2.20. The lowest BCUT2D eigenvalue weighted by atomic mass is 10.3. The Kier molecular flexibility index (Phi) is 7.66. The van der Waals surface area contributed by atoms with Crippen molar-refractivity contribution < 1.29 is 18.6 Å². The van der Waals surface area contributed by atoms with Crippen LogP contribution < -0.4 is 5.73 Å². The van der Waals surface area contributed by atoms with Crippen molar-refractivity contribution in [2.24, 2.45) is 5.73 Å². The van der Waals surface area contributed by atoms with Crippen LogP contribution >= 0.6 is 0 Å². The summed E-state index contributed by atoms with van der Waals surface area (Å²) in [5, 5.41) is 0. The van der Waals surface area contributed by atoms with Gasteiger partial charge in [0.25, 0.3) is 0 Å². The van der Waals surface area contributed by atoms with Gasteiger partial charge in [-0.15, -0.1) is 0 Å². The summed E-state index contributed by atoms with van der Waals surface area (Å²) in [6, 6.07) is 1.90. The number of hydrogen-bond acceptors (Lipinski definition) is 5. The van der Waals surface area contributed by atoms with Crippen LogP contribution in [0.1, 0.15) is 17.7 Å². The first kappa shape index (κ1) is 14.2. The molecule has 0 unspecified atom stereocenters. The Morgan fingerprint density at radius 3 is 2.71 bits per heavy atom. The van der Waals surface area contributed by atoms with E-state index < -0.39 is 0 Å². The Balaban J connectivity index is 1.93. The van der Waals surface area contributed by atoms with Crippen LogP contribution in [0.4, 0.5) is 0 Å². The van der Waals surface area contributed by atoms with Gasteiger partial charge in [0, 0.05) is 32.4 Å². The van der Waals surface area contributed by atoms with Gasteiger partial charge < -0.3 is 24.4 Å². The van der Waals surface area contributed by atoms with E-state index >= 15 is 0 Å². The van der Waals surface area contributed by atoms with Crippen LogP contribution in [0.25, 0.3) is 0 Å². The van der Waals surface area contributed by atoms with E-state index in [1.54, 1.807) is 13.4 Å². The Labute approximate surface area is 102 Å². The molecule has 0 aliphatic heterocycles. The first-order valence-corrected chi connectivity index (χ1v) is 5.77. The summed E-state index contributed by atoms with van der Waals surface area (Å²) in [5.74, 6) is 0.796. The highest BCUT2D eigenvalue weighted by Crippen LogP contribution is 2.07. The molecule has 5 nitrogen and oxygen atoms in total. The standard InChI is InChI=1S/C12H21NO4/c1-14-3-2-4-15-5-6-16-10-12-7-11(8-13)9-17-12/h7,9H,2-6,8,10,13H2,1H3. The molecule has 5 heteroatoms. The molecule has 0 bridgehead atoms. The summed E-state index contributed by atoms with van der Waals surface area (Å²) in [6.45, 7) is 3.54. The van der Waals surface area contributed by atoms with Crippen molar-refractivity contribution in [3.63, 3.8) is 0 Å². The first-order valence-electron chi connectivity index (χ1n) is 5.77. The molecule has 0 amide bonds. The summed E-state index contributed by atoms with van der Waals surface area (Å²) in [4.78, 5) is 0. The molecule has 0 spiro atoms. The maximum atomic E-state index is 5.47. The second-order valence-electron chi connectivity index (χ2n) is 3.64. The van der Waals surface area contributed by atoms with Gasteiger partial charge in [-0.25, -0.2) is 0 Å². The van der Waals surface area contributed by atoms with Gasteiger partial charge in [-0.3, -0.25) is 0 Å². The number of nitrogens with two attached hydrogens (primary N) is 1. The van der Waals surface area contributed by atoms with E-state index in [4.69, 9.17) is 24.4 Å². The monoisotopic (exact) mass is 243 g/mol. The van der Waals surface area contributed by atoms with Crippen LogP contribution in [-0.2, 0) is 27.4 Å². The average Bonchev–Trinajstić information content (AvgIpc) is 2.80. The SMILES string of the molecule is COCCCOCCOCc1cc(CN)co1. The normalized spacial score (nSPS) is 10.9. The fraction of sp³-hybridized carbons (Fsp3) is 0.667. The van der Waals surface area contributed by atoms with Crippen LogP contribution in [0, 0.1) is 0 Å². The van der Waals surface area contributed by atoms with Gasteiger partial charge in [-0.2, -0.15) is 0 Å². The lowest BCUT2D eigenvalue weighted by Crippen LogP contribution is -2.06. The zero-order valence-corrected chi connectivity index (χ0v) is 10.3. The summed E-state index contributed by atoms with van der Waals surface area (Å²) >= 11 is 0. The van der Waals surface area contributed by atoms with Gasteiger partial charge in [-0.1, -0.05) is 0 Å². The van der Waals surface area contributed by atoms with E-state index in [0.29, 0.717) is 33.0 Å². The van der Waals surface area contributed by atoms with Crippen LogP contribution in [0.5, 0.6) is 0 Å². The highest BCUT2D eigenvalue weighted by atomic mass is 16.5. The van der Waals surface area contributed by atoms with Crippen molar-refractivity contribution in [1.29, 1.82) is 0 Å². The van der Waals surface area contributed by atoms with Crippen molar-refractivity contribution in [3.8, 4) is 0 Å². The molecule has 0 atom stereocenters. The van der Waals surface area contributed by atoms with Crippen LogP contribution in [0.2, 0.25) is 0 Å². The third kappa shape index (κ3) is 6.43. The summed E-state index contributed by atoms with van der Waals surface area (Å²) < 4.78 is 20.9. The van der Waals surface area contributed by atoms with Gasteiger partial charge in [0.2, 0.25) is 0 Å². The van der Waals surface area contributed by atoms with E-state index in [1.165, 1.54) is 0 Å². The molecule has 0 aliphatic rings. The van der Waals surface area contributed by atoms with E-state index in [-0.39, 0.29) is 0 Å². The van der Waals surface area contributed by atoms with Crippen LogP contribution in [-0.4, -0.2) is 33.5 Å². The van der Waals surface area contributed by atoms with Crippen molar-refractivity contribution in [1.82, 2.24) is 0 Å². The topological polar surface area (TPSA) is 66.8 Å². The molecule has 0 fully saturated rings. The molecule has 1 aromatic rings. The maximum Gasteiger partial charge on any atom is 0.129 e. The fourth-order valence-corrected chi connectivity index (χ4v) is 1.31. The van der Waals surface area contributed by atoms with Gasteiger partial charge in [-0.05, 0) is 12.5 Å². The number of hydrogen-bond donors (Lipinski definition) is 1. The quantitative estimate of drug-likeness (QED) is 0.627. The minimum atomic E-state index is 0.460. The lowest BCUT2D eigenvalue weighted by Gasteiger charge is -2.04. The molecule has 17 heavy (non-hydrogen) atoms. The van der Waals surface area contributed by atoms with Gasteiger partial charge in [0.1, 0.15) is 12.4 Å². The minimum Gasteiger partial charge on any atom is -0.467 e. The molecule has 98 valence electrons. The van der Waals surface area contributed by atoms with Crippen molar-refractivity contribution in [2.75, 3.05) is 33.5 Å². The molecule has 0 aromatic carbocycles. The summed E-state index contributed by atoms with van der Waals surface area (Å²) in [5.41, 5.74) is 6.45. The highest BCUT2D eigenvalue weighted by molar-refractivity contribution is 5.11. The molecule has 2 N–H and O–H groups in total. The molecular weight excluding hydrogens is 222 g/mol. The molecule has 0 aliphatic carbocycles. The molecule has 0 radical (unpaired) electrons. The number of methoxy groups -OCH3 is 1. The first-order chi connectivity index (χ1) is 8.36. The fourth-order valence-electron chi connectivity index (χ4n) is 1.31. The lowest BCUT2D eigenvalue weighted by molar-refractivity contribution is 0.0287. The van der Waals surface area contributed by atoms with E-state index in [0.717, 1.165) is 24.4 Å². The van der Waals surface area contributed by atoms with Gasteiger partial charge in [0.15, 0.2) is 0 Å². The number of furan rings is 1. The Hall–Kier alpha value is -0.880. The van der Waals surface area contributed by atoms with Crippen LogP contribution in [0.3, 0.4) is 0 Å². The Bertz CT molecular complexity index is 288. The highest BCUT2D eigenvalue weighted by Gasteiger charge is 2.00. The molecular formula is C12H21NO4. The van der Waals surface area contributed by atoms with Crippen molar-refractivity contribution in [3.05, 3.63) is 23.7 Å². The largest absolute Gasteiger partial charge is 0.467 e. The number of ether oxygens (including phenoxy) is 3. The Morgan fingerprint density at radius 2 is 2.00 bits per heavy atom. The van der Waals surface area contributed by atoms with Crippen LogP contribution in [0.15, 0.2) is 16.7 Å². The molecule has 1 aromatic heterocycles. The van der Waals surface area contributed by atoms with Gasteiger partial charge >= 0.3 is 0 Å². The van der Waals surface area contributed by atoms with Crippen molar-refractivity contribution in [2.45, 2.75) is 19.6 Å². The predicted molar refractivity (Wildman–Crippen MR) is 63.6 cm³/mol. The Morgan fingerprint density at radius 1 is 1.18 bits per heavy atom. The van der Waals surface area contributed by atoms with E-state index in [9.17, 15) is 0 Å². The minimum absolute atomic E-state index is 0.460. The molecule has 1 rings (SSSR count). The zero-order chi connectivity index (χ0) is 12.3. The van der Waals surface area contributed by atoms with E-state index in [1.807, 2.05) is 6.07 Å². The summed E-state index contributed by atoms with van der Waals surface area (Å²) in [6.07, 6.45) is 2.56. The maximum absolute atomic E-state index is 5.47. The average molecular weight is 243 g/mol. The molecule has 1 heterocycles. The third-order valence-electron chi connectivity index (χ3n) is 2.20. The van der Waals surface area contributed by atoms with Crippen molar-refractivity contribution >= 4 is 0 Å². The summed E-state index contributed by atoms with van der Waals surface area (Å²) in [7, 11) is 1.68. The second kappa shape index (κ2) is 9.18. The second-order valence-corrected chi connectivity index (χ2v) is 3.64. The van der Waals surface area contributed by atoms with E-state index in [2.05, 4.69) is 0 Å². The molecule has 0 saturated heterocycles. The predicted octanol–water partition coefficient (Wildman–Crippen LogP) is 1.31. The number of rotatable bonds is 10. The molecule has 0 saturated carbocycles. The smallest absolute Gasteiger partial charge is 0.129 e. The zero-order valence-electron chi connectivity index (χ0n) is 10.3. The van der Waals surface area contributed by atoms with Gasteiger partial charge in [0.05, 0.1) is 19.5 Å².